The molecule has 96 valence electrons. The van der Waals surface area contributed by atoms with Crippen molar-refractivity contribution in [2.24, 2.45) is 5.84 Å². The zero-order valence-electron chi connectivity index (χ0n) is 10.3. The van der Waals surface area contributed by atoms with Crippen LogP contribution in [0.1, 0.15) is 31.9 Å². The van der Waals surface area contributed by atoms with Crippen LogP contribution in [-0.4, -0.2) is 12.7 Å². The molecule has 0 aliphatic carbocycles. The Kier molecular flexibility index (Phi) is 5.22. The molecule has 0 fully saturated rings. The van der Waals surface area contributed by atoms with Crippen LogP contribution in [0.25, 0.3) is 0 Å². The van der Waals surface area contributed by atoms with Gasteiger partial charge < -0.3 is 4.74 Å². The fourth-order valence-corrected chi connectivity index (χ4v) is 2.06. The number of methoxy groups -OCH3 is 1. The molecule has 17 heavy (non-hydrogen) atoms. The van der Waals surface area contributed by atoms with E-state index >= 15 is 0 Å². The first-order valence-electron chi connectivity index (χ1n) is 5.36. The Morgan fingerprint density at radius 1 is 1.41 bits per heavy atom. The number of ether oxygens (including phenoxy) is 1. The Bertz CT molecular complexity index is 383. The summed E-state index contributed by atoms with van der Waals surface area (Å²) in [5.41, 5.74) is 3.35. The lowest BCUT2D eigenvalue weighted by Gasteiger charge is -2.29. The highest BCUT2D eigenvalue weighted by Gasteiger charge is 2.25. The number of hydrogen-bond acceptors (Lipinski definition) is 3. The number of nitrogens with one attached hydrogen (secondary N) is 1. The fourth-order valence-electron chi connectivity index (χ4n) is 1.62. The molecule has 0 saturated carbocycles. The van der Waals surface area contributed by atoms with Gasteiger partial charge in [0.2, 0.25) is 0 Å². The van der Waals surface area contributed by atoms with E-state index in [4.69, 9.17) is 33.8 Å². The predicted octanol–water partition coefficient (Wildman–Crippen LogP) is 3.31. The lowest BCUT2D eigenvalue weighted by Crippen LogP contribution is -2.35. The number of halogens is 2. The lowest BCUT2D eigenvalue weighted by atomic mass is 9.94. The summed E-state index contributed by atoms with van der Waals surface area (Å²) in [4.78, 5) is 0. The Morgan fingerprint density at radius 3 is 2.59 bits per heavy atom. The van der Waals surface area contributed by atoms with Crippen LogP contribution in [-0.2, 0) is 4.74 Å². The minimum atomic E-state index is -0.289. The molecule has 1 atom stereocenters. The maximum Gasteiger partial charge on any atom is 0.0641 e. The first kappa shape index (κ1) is 14.7. The van der Waals surface area contributed by atoms with Gasteiger partial charge in [0.15, 0.2) is 0 Å². The molecule has 0 saturated heterocycles. The van der Waals surface area contributed by atoms with Gasteiger partial charge in [-0.2, -0.15) is 0 Å². The monoisotopic (exact) mass is 276 g/mol. The van der Waals surface area contributed by atoms with Crippen molar-refractivity contribution in [3.63, 3.8) is 0 Å². The van der Waals surface area contributed by atoms with Gasteiger partial charge >= 0.3 is 0 Å². The van der Waals surface area contributed by atoms with E-state index in [1.807, 2.05) is 26.0 Å². The summed E-state index contributed by atoms with van der Waals surface area (Å²) < 4.78 is 5.39. The van der Waals surface area contributed by atoms with E-state index in [2.05, 4.69) is 5.43 Å². The highest BCUT2D eigenvalue weighted by atomic mass is 35.5. The van der Waals surface area contributed by atoms with Crippen molar-refractivity contribution in [2.75, 3.05) is 7.11 Å². The normalized spacial score (nSPS) is 13.8. The number of benzene rings is 1. The quantitative estimate of drug-likeness (QED) is 0.641. The van der Waals surface area contributed by atoms with Crippen LogP contribution in [0.4, 0.5) is 0 Å². The lowest BCUT2D eigenvalue weighted by molar-refractivity contribution is 0.00682. The van der Waals surface area contributed by atoms with Crippen LogP contribution in [0.5, 0.6) is 0 Å². The molecule has 1 aromatic carbocycles. The minimum Gasteiger partial charge on any atom is -0.379 e. The van der Waals surface area contributed by atoms with Crippen molar-refractivity contribution < 1.29 is 4.74 Å². The first-order valence-corrected chi connectivity index (χ1v) is 6.12. The van der Waals surface area contributed by atoms with Gasteiger partial charge in [-0.05, 0) is 31.9 Å². The summed E-state index contributed by atoms with van der Waals surface area (Å²) in [5.74, 6) is 5.58. The second-order valence-corrected chi connectivity index (χ2v) is 5.32. The third-order valence-corrected chi connectivity index (χ3v) is 3.64. The molecule has 1 aromatic rings. The van der Waals surface area contributed by atoms with Crippen molar-refractivity contribution in [1.82, 2.24) is 5.43 Å². The molecular weight excluding hydrogens is 259 g/mol. The predicted molar refractivity (Wildman–Crippen MR) is 72.2 cm³/mol. The van der Waals surface area contributed by atoms with Crippen LogP contribution in [0, 0.1) is 0 Å². The maximum absolute atomic E-state index is 6.17. The summed E-state index contributed by atoms with van der Waals surface area (Å²) in [6.07, 6.45) is 0.695. The van der Waals surface area contributed by atoms with Crippen molar-refractivity contribution >= 4 is 23.2 Å². The molecule has 3 N–H and O–H groups in total. The molecular formula is C12H18Cl2N2O. The second kappa shape index (κ2) is 6.03. The summed E-state index contributed by atoms with van der Waals surface area (Å²) in [6.45, 7) is 3.99. The third-order valence-electron chi connectivity index (χ3n) is 2.81. The third kappa shape index (κ3) is 3.83. The molecule has 0 aliphatic heterocycles. The van der Waals surface area contributed by atoms with Gasteiger partial charge in [0.1, 0.15) is 0 Å². The molecule has 1 rings (SSSR count). The van der Waals surface area contributed by atoms with Gasteiger partial charge in [0, 0.05) is 7.11 Å². The number of hydrazine groups is 1. The largest absolute Gasteiger partial charge is 0.379 e. The number of rotatable bonds is 5. The Balaban J connectivity index is 2.98. The number of nitrogens with two attached hydrogens (primary N) is 1. The van der Waals surface area contributed by atoms with E-state index in [-0.39, 0.29) is 11.6 Å². The van der Waals surface area contributed by atoms with Crippen LogP contribution >= 0.6 is 23.2 Å². The molecule has 0 heterocycles. The summed E-state index contributed by atoms with van der Waals surface area (Å²) in [7, 11) is 1.67. The minimum absolute atomic E-state index is 0.101. The van der Waals surface area contributed by atoms with E-state index in [9.17, 15) is 0 Å². The molecule has 1 unspecified atom stereocenters. The standard InChI is InChI=1S/C12H18Cl2N2O/c1-12(2,17-3)7-10(16-15)8-5-4-6-9(13)11(8)14/h4-6,10,16H,7,15H2,1-3H3. The molecule has 0 radical (unpaired) electrons. The highest BCUT2D eigenvalue weighted by Crippen LogP contribution is 2.33. The topological polar surface area (TPSA) is 47.3 Å². The van der Waals surface area contributed by atoms with Crippen LogP contribution in [0.15, 0.2) is 18.2 Å². The van der Waals surface area contributed by atoms with E-state index < -0.39 is 0 Å². The summed E-state index contributed by atoms with van der Waals surface area (Å²) >= 11 is 12.2. The highest BCUT2D eigenvalue weighted by molar-refractivity contribution is 6.42. The van der Waals surface area contributed by atoms with Gasteiger partial charge in [-0.3, -0.25) is 11.3 Å². The van der Waals surface area contributed by atoms with Gasteiger partial charge in [-0.15, -0.1) is 0 Å². The van der Waals surface area contributed by atoms with E-state index in [1.54, 1.807) is 13.2 Å². The van der Waals surface area contributed by atoms with Gasteiger partial charge in [0.05, 0.1) is 21.7 Å². The van der Waals surface area contributed by atoms with Gasteiger partial charge in [-0.25, -0.2) is 0 Å². The van der Waals surface area contributed by atoms with E-state index in [0.29, 0.717) is 16.5 Å². The SMILES string of the molecule is COC(C)(C)CC(NN)c1cccc(Cl)c1Cl. The maximum atomic E-state index is 6.17. The van der Waals surface area contributed by atoms with Crippen molar-refractivity contribution in [1.29, 1.82) is 0 Å². The van der Waals surface area contributed by atoms with Crippen LogP contribution in [0.2, 0.25) is 10.0 Å². The van der Waals surface area contributed by atoms with Crippen molar-refractivity contribution in [3.05, 3.63) is 33.8 Å². The second-order valence-electron chi connectivity index (χ2n) is 4.53. The first-order chi connectivity index (χ1) is 7.91. The molecule has 0 bridgehead atoms. The number of hydrogen-bond donors (Lipinski definition) is 2. The zero-order valence-corrected chi connectivity index (χ0v) is 11.8. The van der Waals surface area contributed by atoms with Crippen molar-refractivity contribution in [2.45, 2.75) is 31.9 Å². The Labute approximate surface area is 112 Å². The average molecular weight is 277 g/mol. The van der Waals surface area contributed by atoms with Gasteiger partial charge in [0.25, 0.3) is 0 Å². The summed E-state index contributed by atoms with van der Waals surface area (Å²) in [5, 5.41) is 1.06. The van der Waals surface area contributed by atoms with Gasteiger partial charge in [-0.1, -0.05) is 35.3 Å². The Hall–Kier alpha value is -0.320. The van der Waals surface area contributed by atoms with Crippen LogP contribution < -0.4 is 11.3 Å². The van der Waals surface area contributed by atoms with Crippen molar-refractivity contribution in [3.8, 4) is 0 Å². The van der Waals surface area contributed by atoms with E-state index in [1.165, 1.54) is 0 Å². The molecule has 0 amide bonds. The molecule has 0 aromatic heterocycles. The van der Waals surface area contributed by atoms with E-state index in [0.717, 1.165) is 5.56 Å². The average Bonchev–Trinajstić information content (AvgIpc) is 2.30. The molecule has 3 nitrogen and oxygen atoms in total. The Morgan fingerprint density at radius 2 is 2.06 bits per heavy atom. The molecule has 0 spiro atoms. The smallest absolute Gasteiger partial charge is 0.0641 e. The molecule has 5 heteroatoms. The zero-order chi connectivity index (χ0) is 13.1. The van der Waals surface area contributed by atoms with Crippen LogP contribution in [0.3, 0.4) is 0 Å². The summed E-state index contributed by atoms with van der Waals surface area (Å²) in [6, 6.07) is 5.41. The molecule has 0 aliphatic rings. The fraction of sp³-hybridized carbons (Fsp3) is 0.500.